The van der Waals surface area contributed by atoms with E-state index in [1.54, 1.807) is 0 Å². The average molecular weight is 230 g/mol. The predicted molar refractivity (Wildman–Crippen MR) is 61.3 cm³/mol. The summed E-state index contributed by atoms with van der Waals surface area (Å²) in [4.78, 5) is 0. The van der Waals surface area contributed by atoms with Crippen molar-refractivity contribution in [3.05, 3.63) is 10.3 Å². The molecular formula is C8H14N4S2. The van der Waals surface area contributed by atoms with Crippen molar-refractivity contribution in [1.29, 1.82) is 0 Å². The van der Waals surface area contributed by atoms with Crippen LogP contribution in [0.15, 0.2) is 5.16 Å². The van der Waals surface area contributed by atoms with E-state index in [2.05, 4.69) is 24.0 Å². The van der Waals surface area contributed by atoms with Gasteiger partial charge in [-0.1, -0.05) is 37.8 Å². The largest absolute Gasteiger partial charge is 0.336 e. The SMILES string of the molecule is CSc1nnc(CC(C)C)c(=S)n1N. The number of hydrogen-bond acceptors (Lipinski definition) is 5. The summed E-state index contributed by atoms with van der Waals surface area (Å²) in [7, 11) is 0. The van der Waals surface area contributed by atoms with Gasteiger partial charge >= 0.3 is 0 Å². The molecule has 1 rings (SSSR count). The van der Waals surface area contributed by atoms with Gasteiger partial charge in [-0.15, -0.1) is 10.2 Å². The average Bonchev–Trinajstić information content (AvgIpc) is 2.13. The summed E-state index contributed by atoms with van der Waals surface area (Å²) in [5.41, 5.74) is 0.801. The molecule has 0 unspecified atom stereocenters. The monoisotopic (exact) mass is 230 g/mol. The molecule has 0 spiro atoms. The van der Waals surface area contributed by atoms with Gasteiger partial charge in [0.15, 0.2) is 4.64 Å². The van der Waals surface area contributed by atoms with E-state index in [0.717, 1.165) is 12.1 Å². The van der Waals surface area contributed by atoms with Crippen LogP contribution < -0.4 is 5.84 Å². The van der Waals surface area contributed by atoms with Crippen LogP contribution >= 0.6 is 24.0 Å². The number of aromatic nitrogens is 3. The zero-order chi connectivity index (χ0) is 10.7. The molecule has 0 aliphatic rings. The zero-order valence-electron chi connectivity index (χ0n) is 8.52. The van der Waals surface area contributed by atoms with Crippen LogP contribution in [0, 0.1) is 10.6 Å². The van der Waals surface area contributed by atoms with Crippen molar-refractivity contribution in [2.45, 2.75) is 25.4 Å². The van der Waals surface area contributed by atoms with Crippen LogP contribution in [-0.2, 0) is 6.42 Å². The second kappa shape index (κ2) is 4.75. The van der Waals surface area contributed by atoms with E-state index in [1.165, 1.54) is 16.4 Å². The molecule has 0 amide bonds. The quantitative estimate of drug-likeness (QED) is 0.486. The van der Waals surface area contributed by atoms with Gasteiger partial charge in [0, 0.05) is 0 Å². The van der Waals surface area contributed by atoms with E-state index in [0.29, 0.717) is 15.7 Å². The number of nitrogens with two attached hydrogens (primary N) is 1. The van der Waals surface area contributed by atoms with E-state index in [1.807, 2.05) is 6.26 Å². The van der Waals surface area contributed by atoms with Gasteiger partial charge in [0.05, 0.1) is 0 Å². The third kappa shape index (κ3) is 2.45. The highest BCUT2D eigenvalue weighted by Gasteiger charge is 2.07. The lowest BCUT2D eigenvalue weighted by Gasteiger charge is -2.08. The normalized spacial score (nSPS) is 10.9. The van der Waals surface area contributed by atoms with Gasteiger partial charge in [-0.2, -0.15) is 0 Å². The maximum Gasteiger partial charge on any atom is 0.209 e. The van der Waals surface area contributed by atoms with Crippen LogP contribution in [0.4, 0.5) is 0 Å². The molecule has 0 aromatic carbocycles. The number of thioether (sulfide) groups is 1. The Balaban J connectivity index is 3.11. The Morgan fingerprint density at radius 1 is 1.50 bits per heavy atom. The highest BCUT2D eigenvalue weighted by Crippen LogP contribution is 2.11. The lowest BCUT2D eigenvalue weighted by atomic mass is 10.1. The Hall–Kier alpha value is -0.620. The topological polar surface area (TPSA) is 56.7 Å². The van der Waals surface area contributed by atoms with E-state index < -0.39 is 0 Å². The minimum Gasteiger partial charge on any atom is -0.336 e. The molecule has 0 saturated heterocycles. The Morgan fingerprint density at radius 2 is 2.14 bits per heavy atom. The minimum absolute atomic E-state index is 0.506. The van der Waals surface area contributed by atoms with Gasteiger partial charge < -0.3 is 5.84 Å². The van der Waals surface area contributed by atoms with E-state index in [9.17, 15) is 0 Å². The summed E-state index contributed by atoms with van der Waals surface area (Å²) in [6.07, 6.45) is 2.71. The first-order valence-electron chi connectivity index (χ1n) is 4.34. The van der Waals surface area contributed by atoms with Crippen molar-refractivity contribution in [3.8, 4) is 0 Å². The number of hydrogen-bond donors (Lipinski definition) is 1. The molecule has 0 bridgehead atoms. The molecule has 1 aromatic heterocycles. The summed E-state index contributed by atoms with van der Waals surface area (Å²) in [6.45, 7) is 4.22. The fourth-order valence-electron chi connectivity index (χ4n) is 1.07. The maximum absolute atomic E-state index is 5.76. The van der Waals surface area contributed by atoms with Crippen molar-refractivity contribution in [3.63, 3.8) is 0 Å². The molecule has 0 aliphatic carbocycles. The molecule has 0 radical (unpaired) electrons. The van der Waals surface area contributed by atoms with Gasteiger partial charge in [0.2, 0.25) is 5.16 Å². The number of nitrogens with zero attached hydrogens (tertiary/aromatic N) is 3. The fraction of sp³-hybridized carbons (Fsp3) is 0.625. The molecule has 78 valence electrons. The molecule has 2 N–H and O–H groups in total. The van der Waals surface area contributed by atoms with Gasteiger partial charge in [-0.3, -0.25) is 0 Å². The first kappa shape index (κ1) is 11.5. The van der Waals surface area contributed by atoms with Crippen LogP contribution in [0.3, 0.4) is 0 Å². The second-order valence-corrected chi connectivity index (χ2v) is 4.57. The van der Waals surface area contributed by atoms with Gasteiger partial charge in [0.25, 0.3) is 0 Å². The molecule has 0 aliphatic heterocycles. The first-order chi connectivity index (χ1) is 6.56. The van der Waals surface area contributed by atoms with Crippen LogP contribution in [-0.4, -0.2) is 21.1 Å². The fourth-order valence-corrected chi connectivity index (χ4v) is 1.75. The molecule has 1 aromatic rings. The molecular weight excluding hydrogens is 216 g/mol. The molecule has 6 heteroatoms. The first-order valence-corrected chi connectivity index (χ1v) is 5.97. The van der Waals surface area contributed by atoms with Crippen molar-refractivity contribution < 1.29 is 0 Å². The van der Waals surface area contributed by atoms with Gasteiger partial charge in [0.1, 0.15) is 5.69 Å². The second-order valence-electron chi connectivity index (χ2n) is 3.41. The van der Waals surface area contributed by atoms with E-state index in [-0.39, 0.29) is 0 Å². The number of nitrogen functional groups attached to an aromatic ring is 1. The molecule has 0 atom stereocenters. The third-order valence-electron chi connectivity index (χ3n) is 1.71. The Labute approximate surface area is 92.9 Å². The molecule has 0 saturated carbocycles. The van der Waals surface area contributed by atoms with Gasteiger partial charge in [-0.25, -0.2) is 4.68 Å². The maximum atomic E-state index is 5.76. The van der Waals surface area contributed by atoms with Crippen LogP contribution in [0.1, 0.15) is 19.5 Å². The summed E-state index contributed by atoms with van der Waals surface area (Å²) >= 11 is 6.62. The Morgan fingerprint density at radius 3 is 2.64 bits per heavy atom. The minimum atomic E-state index is 0.506. The van der Waals surface area contributed by atoms with E-state index >= 15 is 0 Å². The van der Waals surface area contributed by atoms with Crippen molar-refractivity contribution in [2.24, 2.45) is 5.92 Å². The van der Waals surface area contributed by atoms with Crippen molar-refractivity contribution >= 4 is 24.0 Å². The highest BCUT2D eigenvalue weighted by molar-refractivity contribution is 7.98. The smallest absolute Gasteiger partial charge is 0.209 e. The molecule has 4 nitrogen and oxygen atoms in total. The zero-order valence-corrected chi connectivity index (χ0v) is 10.2. The summed E-state index contributed by atoms with van der Waals surface area (Å²) in [5, 5.41) is 8.71. The Bertz CT molecular complexity index is 372. The van der Waals surface area contributed by atoms with Gasteiger partial charge in [-0.05, 0) is 18.6 Å². The Kier molecular flexibility index (Phi) is 3.88. The summed E-state index contributed by atoms with van der Waals surface area (Å²) in [5.74, 6) is 6.26. The van der Waals surface area contributed by atoms with Crippen LogP contribution in [0.5, 0.6) is 0 Å². The van der Waals surface area contributed by atoms with Crippen molar-refractivity contribution in [2.75, 3.05) is 12.1 Å². The molecule has 14 heavy (non-hydrogen) atoms. The summed E-state index contributed by atoms with van der Waals surface area (Å²) < 4.78 is 2.00. The lowest BCUT2D eigenvalue weighted by Crippen LogP contribution is -2.18. The van der Waals surface area contributed by atoms with Crippen molar-refractivity contribution in [1.82, 2.24) is 14.9 Å². The predicted octanol–water partition coefficient (Wildman–Crippen LogP) is 1.64. The highest BCUT2D eigenvalue weighted by atomic mass is 32.2. The summed E-state index contributed by atoms with van der Waals surface area (Å²) in [6, 6.07) is 0. The third-order valence-corrected chi connectivity index (χ3v) is 2.79. The molecule has 0 fully saturated rings. The van der Waals surface area contributed by atoms with Crippen LogP contribution in [0.2, 0.25) is 0 Å². The van der Waals surface area contributed by atoms with Crippen LogP contribution in [0.25, 0.3) is 0 Å². The standard InChI is InChI=1S/C8H14N4S2/c1-5(2)4-6-7(13)12(9)8(14-3)11-10-6/h5H,4,9H2,1-3H3. The number of rotatable bonds is 3. The van der Waals surface area contributed by atoms with E-state index in [4.69, 9.17) is 18.1 Å². The lowest BCUT2D eigenvalue weighted by molar-refractivity contribution is 0.596. The molecule has 1 heterocycles.